The maximum absolute atomic E-state index is 12.8. The second kappa shape index (κ2) is 9.45. The zero-order chi connectivity index (χ0) is 21.6. The summed E-state index contributed by atoms with van der Waals surface area (Å²) >= 11 is 0. The quantitative estimate of drug-likeness (QED) is 0.368. The van der Waals surface area contributed by atoms with E-state index in [0.29, 0.717) is 17.0 Å². The molecule has 0 fully saturated rings. The fraction of sp³-hybridized carbons (Fsp3) is 0.333. The summed E-state index contributed by atoms with van der Waals surface area (Å²) in [7, 11) is 3.35. The first-order valence-electron chi connectivity index (χ1n) is 8.92. The van der Waals surface area contributed by atoms with Gasteiger partial charge >= 0.3 is 12.1 Å². The number of methoxy groups -OCH3 is 1. The third-order valence-electron chi connectivity index (χ3n) is 4.33. The van der Waals surface area contributed by atoms with Gasteiger partial charge in [0.15, 0.2) is 0 Å². The van der Waals surface area contributed by atoms with E-state index in [4.69, 9.17) is 9.47 Å². The predicted octanol–water partition coefficient (Wildman–Crippen LogP) is 4.99. The van der Waals surface area contributed by atoms with Crippen molar-refractivity contribution in [1.29, 1.82) is 0 Å². The lowest BCUT2D eigenvalue weighted by molar-refractivity contribution is -0.137. The van der Waals surface area contributed by atoms with Crippen LogP contribution in [0.4, 0.5) is 18.9 Å². The second-order valence-corrected chi connectivity index (χ2v) is 6.38. The van der Waals surface area contributed by atoms with E-state index in [-0.39, 0.29) is 17.7 Å². The van der Waals surface area contributed by atoms with Crippen molar-refractivity contribution in [2.24, 2.45) is 4.99 Å². The molecule has 2 aromatic rings. The summed E-state index contributed by atoms with van der Waals surface area (Å²) in [6.07, 6.45) is -2.80. The van der Waals surface area contributed by atoms with Crippen molar-refractivity contribution >= 4 is 18.0 Å². The molecular formula is C21H23F3N2O3. The number of alkyl halides is 3. The van der Waals surface area contributed by atoms with Gasteiger partial charge in [-0.2, -0.15) is 13.2 Å². The van der Waals surface area contributed by atoms with E-state index in [0.717, 1.165) is 18.7 Å². The molecule has 0 heterocycles. The molecule has 2 aromatic carbocycles. The molecule has 0 aromatic heterocycles. The number of nitrogens with zero attached hydrogens (tertiary/aromatic N) is 2. The van der Waals surface area contributed by atoms with Gasteiger partial charge in [-0.25, -0.2) is 9.79 Å². The van der Waals surface area contributed by atoms with Gasteiger partial charge in [0.1, 0.15) is 18.0 Å². The van der Waals surface area contributed by atoms with E-state index in [9.17, 15) is 18.0 Å². The number of hydrogen-bond donors (Lipinski definition) is 0. The number of ether oxygens (including phenoxy) is 2. The van der Waals surface area contributed by atoms with Crippen molar-refractivity contribution in [2.75, 3.05) is 20.7 Å². The van der Waals surface area contributed by atoms with Crippen molar-refractivity contribution < 1.29 is 27.4 Å². The number of halogens is 3. The van der Waals surface area contributed by atoms with E-state index in [1.807, 2.05) is 18.9 Å². The standard InChI is InChI=1S/C21H23F3N2O3/c1-5-26(3)13-25-18-10-9-17(14(2)19(18)28-4)20(27)29-12-15-7-6-8-16(11-15)21(22,23)24/h6-11,13H,5,12H2,1-4H3/b25-13+. The van der Waals surface area contributed by atoms with Gasteiger partial charge < -0.3 is 14.4 Å². The van der Waals surface area contributed by atoms with Crippen LogP contribution in [-0.4, -0.2) is 37.9 Å². The minimum absolute atomic E-state index is 0.251. The molecule has 0 spiro atoms. The third kappa shape index (κ3) is 5.73. The molecule has 0 aliphatic rings. The Kier molecular flexibility index (Phi) is 7.25. The van der Waals surface area contributed by atoms with Crippen LogP contribution in [0.5, 0.6) is 5.75 Å². The van der Waals surface area contributed by atoms with Crippen LogP contribution < -0.4 is 4.74 Å². The number of aliphatic imine (C=N–C) groups is 1. The molecule has 0 aliphatic carbocycles. The van der Waals surface area contributed by atoms with Crippen molar-refractivity contribution in [3.63, 3.8) is 0 Å². The molecule has 0 saturated carbocycles. The van der Waals surface area contributed by atoms with Gasteiger partial charge in [0.2, 0.25) is 0 Å². The van der Waals surface area contributed by atoms with Crippen molar-refractivity contribution in [3.8, 4) is 5.75 Å². The average molecular weight is 408 g/mol. The number of carbonyl (C=O) groups excluding carboxylic acids is 1. The number of benzene rings is 2. The van der Waals surface area contributed by atoms with E-state index >= 15 is 0 Å². The molecule has 2 rings (SSSR count). The Bertz CT molecular complexity index is 895. The summed E-state index contributed by atoms with van der Waals surface area (Å²) in [5.41, 5.74) is 0.816. The predicted molar refractivity (Wildman–Crippen MR) is 105 cm³/mol. The Hall–Kier alpha value is -3.03. The zero-order valence-electron chi connectivity index (χ0n) is 16.7. The van der Waals surface area contributed by atoms with Gasteiger partial charge in [-0.3, -0.25) is 0 Å². The van der Waals surface area contributed by atoms with E-state index < -0.39 is 17.7 Å². The van der Waals surface area contributed by atoms with Gasteiger partial charge in [-0.15, -0.1) is 0 Å². The highest BCUT2D eigenvalue weighted by Crippen LogP contribution is 2.34. The summed E-state index contributed by atoms with van der Waals surface area (Å²) < 4.78 is 49.0. The highest BCUT2D eigenvalue weighted by molar-refractivity contribution is 5.93. The Morgan fingerprint density at radius 1 is 1.24 bits per heavy atom. The molecular weight excluding hydrogens is 385 g/mol. The summed E-state index contributed by atoms with van der Waals surface area (Å²) in [6.45, 7) is 4.19. The van der Waals surface area contributed by atoms with Crippen LogP contribution in [0.1, 0.15) is 34.0 Å². The van der Waals surface area contributed by atoms with Crippen LogP contribution in [0.25, 0.3) is 0 Å². The number of rotatable bonds is 7. The van der Waals surface area contributed by atoms with Crippen LogP contribution >= 0.6 is 0 Å². The average Bonchev–Trinajstić information content (AvgIpc) is 2.69. The van der Waals surface area contributed by atoms with Crippen LogP contribution in [0.2, 0.25) is 0 Å². The first-order chi connectivity index (χ1) is 13.7. The maximum atomic E-state index is 12.8. The number of esters is 1. The van der Waals surface area contributed by atoms with Crippen molar-refractivity contribution in [3.05, 3.63) is 58.7 Å². The van der Waals surface area contributed by atoms with Crippen molar-refractivity contribution in [2.45, 2.75) is 26.6 Å². The van der Waals surface area contributed by atoms with E-state index in [1.165, 1.54) is 19.2 Å². The molecule has 5 nitrogen and oxygen atoms in total. The van der Waals surface area contributed by atoms with Crippen LogP contribution in [0.15, 0.2) is 41.4 Å². The normalized spacial score (nSPS) is 11.6. The summed E-state index contributed by atoms with van der Waals surface area (Å²) in [5.74, 6) is -0.223. The molecule has 0 unspecified atom stereocenters. The van der Waals surface area contributed by atoms with Gasteiger partial charge in [-0.1, -0.05) is 12.1 Å². The third-order valence-corrected chi connectivity index (χ3v) is 4.33. The van der Waals surface area contributed by atoms with E-state index in [2.05, 4.69) is 4.99 Å². The molecule has 0 atom stereocenters. The summed E-state index contributed by atoms with van der Waals surface area (Å²) in [5, 5.41) is 0. The molecule has 8 heteroatoms. The van der Waals surface area contributed by atoms with Crippen LogP contribution in [0, 0.1) is 6.92 Å². The molecule has 0 saturated heterocycles. The lowest BCUT2D eigenvalue weighted by Crippen LogP contribution is -2.14. The fourth-order valence-corrected chi connectivity index (χ4v) is 2.56. The Morgan fingerprint density at radius 3 is 2.59 bits per heavy atom. The molecule has 0 bridgehead atoms. The molecule has 0 aliphatic heterocycles. The molecule has 156 valence electrons. The lowest BCUT2D eigenvalue weighted by atomic mass is 10.1. The lowest BCUT2D eigenvalue weighted by Gasteiger charge is -2.14. The SMILES string of the molecule is CCN(C)/C=N/c1ccc(C(=O)OCc2cccc(C(F)(F)F)c2)c(C)c1OC. The Balaban J connectivity index is 2.18. The monoisotopic (exact) mass is 408 g/mol. The molecule has 29 heavy (non-hydrogen) atoms. The molecule has 0 radical (unpaired) electrons. The Labute approximate surface area is 167 Å². The van der Waals surface area contributed by atoms with Gasteiger partial charge in [0, 0.05) is 19.2 Å². The smallest absolute Gasteiger partial charge is 0.416 e. The van der Waals surface area contributed by atoms with Gasteiger partial charge in [-0.05, 0) is 43.7 Å². The van der Waals surface area contributed by atoms with Gasteiger partial charge in [0.25, 0.3) is 0 Å². The first-order valence-corrected chi connectivity index (χ1v) is 8.92. The maximum Gasteiger partial charge on any atom is 0.416 e. The molecule has 0 N–H and O–H groups in total. The zero-order valence-corrected chi connectivity index (χ0v) is 16.7. The highest BCUT2D eigenvalue weighted by atomic mass is 19.4. The highest BCUT2D eigenvalue weighted by Gasteiger charge is 2.30. The van der Waals surface area contributed by atoms with E-state index in [1.54, 1.807) is 25.4 Å². The van der Waals surface area contributed by atoms with Crippen LogP contribution in [0.3, 0.4) is 0 Å². The first kappa shape index (κ1) is 22.3. The van der Waals surface area contributed by atoms with Crippen molar-refractivity contribution in [1.82, 2.24) is 4.90 Å². The largest absolute Gasteiger partial charge is 0.494 e. The Morgan fingerprint density at radius 2 is 1.97 bits per heavy atom. The topological polar surface area (TPSA) is 51.1 Å². The van der Waals surface area contributed by atoms with Gasteiger partial charge in [0.05, 0.1) is 24.6 Å². The number of carbonyl (C=O) groups is 1. The molecule has 0 amide bonds. The minimum Gasteiger partial charge on any atom is -0.494 e. The summed E-state index contributed by atoms with van der Waals surface area (Å²) in [4.78, 5) is 18.7. The summed E-state index contributed by atoms with van der Waals surface area (Å²) in [6, 6.07) is 7.87. The number of hydrogen-bond acceptors (Lipinski definition) is 4. The second-order valence-electron chi connectivity index (χ2n) is 6.38. The fourth-order valence-electron chi connectivity index (χ4n) is 2.56. The van der Waals surface area contributed by atoms with Crippen LogP contribution in [-0.2, 0) is 17.5 Å². The minimum atomic E-state index is -4.45.